The molecular weight excluding hydrogens is 264 g/mol. The van der Waals surface area contributed by atoms with E-state index in [1.165, 1.54) is 12.8 Å². The van der Waals surface area contributed by atoms with Crippen LogP contribution in [0.4, 0.5) is 4.79 Å². The van der Waals surface area contributed by atoms with Gasteiger partial charge in [-0.2, -0.15) is 0 Å². The number of carbonyl (C=O) groups excluding carboxylic acids is 1. The summed E-state index contributed by atoms with van der Waals surface area (Å²) >= 11 is 0. The van der Waals surface area contributed by atoms with E-state index >= 15 is 0 Å². The minimum absolute atomic E-state index is 0.182. The maximum Gasteiger partial charge on any atom is 0.410 e. The van der Waals surface area contributed by atoms with Gasteiger partial charge in [-0.3, -0.25) is 0 Å². The predicted molar refractivity (Wildman–Crippen MR) is 86.1 cm³/mol. The monoisotopic (exact) mass is 294 g/mol. The molecule has 0 aromatic carbocycles. The van der Waals surface area contributed by atoms with Crippen LogP contribution in [0.3, 0.4) is 0 Å². The number of nitrogens with zero attached hydrogens (tertiary/aromatic N) is 1. The van der Waals surface area contributed by atoms with Gasteiger partial charge in [0.05, 0.1) is 6.54 Å². The van der Waals surface area contributed by atoms with Crippen LogP contribution in [-0.2, 0) is 4.74 Å². The fraction of sp³-hybridized carbons (Fsp3) is 0.824. The average molecular weight is 294 g/mol. The molecule has 1 rings (SSSR count). The van der Waals surface area contributed by atoms with Crippen molar-refractivity contribution in [3.05, 3.63) is 0 Å². The fourth-order valence-corrected chi connectivity index (χ4v) is 2.71. The van der Waals surface area contributed by atoms with Gasteiger partial charge in [-0.15, -0.1) is 6.42 Å². The van der Waals surface area contributed by atoms with Crippen LogP contribution < -0.4 is 5.32 Å². The number of amides is 1. The van der Waals surface area contributed by atoms with Gasteiger partial charge >= 0.3 is 6.09 Å². The molecule has 1 aliphatic rings. The summed E-state index contributed by atoms with van der Waals surface area (Å²) < 4.78 is 5.56. The lowest BCUT2D eigenvalue weighted by atomic mass is 10.0. The summed E-state index contributed by atoms with van der Waals surface area (Å²) in [6.45, 7) is 9.22. The van der Waals surface area contributed by atoms with Crippen molar-refractivity contribution in [3.8, 4) is 12.3 Å². The Kier molecular flexibility index (Phi) is 7.04. The molecule has 4 heteroatoms. The Balaban J connectivity index is 2.67. The van der Waals surface area contributed by atoms with Crippen molar-refractivity contribution in [3.63, 3.8) is 0 Å². The second kappa shape index (κ2) is 8.29. The van der Waals surface area contributed by atoms with Gasteiger partial charge in [0.15, 0.2) is 0 Å². The molecule has 120 valence electrons. The zero-order valence-electron chi connectivity index (χ0n) is 13.9. The Labute approximate surface area is 129 Å². The Morgan fingerprint density at radius 2 is 2.14 bits per heavy atom. The van der Waals surface area contributed by atoms with E-state index in [4.69, 9.17) is 11.2 Å². The van der Waals surface area contributed by atoms with Crippen molar-refractivity contribution in [2.24, 2.45) is 0 Å². The molecule has 0 aliphatic carbocycles. The minimum Gasteiger partial charge on any atom is -0.444 e. The van der Waals surface area contributed by atoms with Crippen molar-refractivity contribution >= 4 is 6.09 Å². The number of terminal acetylenes is 1. The van der Waals surface area contributed by atoms with Gasteiger partial charge in [0.1, 0.15) is 5.60 Å². The summed E-state index contributed by atoms with van der Waals surface area (Å²) in [6.07, 6.45) is 10.5. The second-order valence-electron chi connectivity index (χ2n) is 6.90. The van der Waals surface area contributed by atoms with E-state index in [1.54, 1.807) is 0 Å². The van der Waals surface area contributed by atoms with Crippen LogP contribution >= 0.6 is 0 Å². The number of hydrogen-bond acceptors (Lipinski definition) is 3. The van der Waals surface area contributed by atoms with Gasteiger partial charge in [-0.05, 0) is 47.0 Å². The molecule has 2 atom stereocenters. The van der Waals surface area contributed by atoms with Crippen LogP contribution in [-0.4, -0.2) is 41.8 Å². The highest BCUT2D eigenvalue weighted by Crippen LogP contribution is 2.23. The molecule has 1 amide bonds. The lowest BCUT2D eigenvalue weighted by molar-refractivity contribution is 0.0151. The van der Waals surface area contributed by atoms with Gasteiger partial charge in [-0.25, -0.2) is 4.79 Å². The summed E-state index contributed by atoms with van der Waals surface area (Å²) in [4.78, 5) is 14.3. The lowest BCUT2D eigenvalue weighted by Crippen LogP contribution is -2.45. The third-order valence-corrected chi connectivity index (χ3v) is 3.68. The first kappa shape index (κ1) is 17.8. The van der Waals surface area contributed by atoms with Crippen LogP contribution in [0.5, 0.6) is 0 Å². The van der Waals surface area contributed by atoms with Gasteiger partial charge in [0, 0.05) is 18.6 Å². The largest absolute Gasteiger partial charge is 0.444 e. The molecule has 21 heavy (non-hydrogen) atoms. The molecule has 0 aromatic heterocycles. The molecule has 2 unspecified atom stereocenters. The van der Waals surface area contributed by atoms with E-state index in [0.29, 0.717) is 12.6 Å². The number of rotatable bonds is 4. The van der Waals surface area contributed by atoms with E-state index < -0.39 is 5.60 Å². The molecule has 0 aromatic rings. The Bertz CT molecular complexity index is 368. The third-order valence-electron chi connectivity index (χ3n) is 3.68. The second-order valence-corrected chi connectivity index (χ2v) is 6.90. The maximum absolute atomic E-state index is 12.4. The van der Waals surface area contributed by atoms with Crippen molar-refractivity contribution in [1.82, 2.24) is 10.2 Å². The minimum atomic E-state index is -0.443. The molecule has 4 nitrogen and oxygen atoms in total. The Morgan fingerprint density at radius 1 is 1.43 bits per heavy atom. The van der Waals surface area contributed by atoms with Crippen LogP contribution in [0.2, 0.25) is 0 Å². The SMILES string of the molecule is C#CCNC(C)CC1CCCCCN1C(=O)OC(C)(C)C. The zero-order chi connectivity index (χ0) is 15.9. The van der Waals surface area contributed by atoms with Gasteiger partial charge in [0.2, 0.25) is 0 Å². The molecule has 0 spiro atoms. The quantitative estimate of drug-likeness (QED) is 0.810. The third kappa shape index (κ3) is 6.86. The summed E-state index contributed by atoms with van der Waals surface area (Å²) in [7, 11) is 0. The van der Waals surface area contributed by atoms with Crippen molar-refractivity contribution < 1.29 is 9.53 Å². The van der Waals surface area contributed by atoms with Gasteiger partial charge in [0.25, 0.3) is 0 Å². The number of hydrogen-bond donors (Lipinski definition) is 1. The van der Waals surface area contributed by atoms with Crippen molar-refractivity contribution in [1.29, 1.82) is 0 Å². The molecule has 1 heterocycles. The summed E-state index contributed by atoms with van der Waals surface area (Å²) in [5, 5.41) is 3.29. The number of nitrogens with one attached hydrogen (secondary N) is 1. The molecule has 0 saturated carbocycles. The number of ether oxygens (including phenoxy) is 1. The van der Waals surface area contributed by atoms with E-state index in [-0.39, 0.29) is 12.1 Å². The molecular formula is C17H30N2O2. The van der Waals surface area contributed by atoms with E-state index in [1.807, 2.05) is 25.7 Å². The van der Waals surface area contributed by atoms with Crippen LogP contribution in [0.15, 0.2) is 0 Å². The van der Waals surface area contributed by atoms with E-state index in [9.17, 15) is 4.79 Å². The Morgan fingerprint density at radius 3 is 2.76 bits per heavy atom. The van der Waals surface area contributed by atoms with Crippen LogP contribution in [0, 0.1) is 12.3 Å². The summed E-state index contributed by atoms with van der Waals surface area (Å²) in [5.41, 5.74) is -0.443. The van der Waals surface area contributed by atoms with Crippen molar-refractivity contribution in [2.75, 3.05) is 13.1 Å². The number of likely N-dealkylation sites (tertiary alicyclic amines) is 1. The molecule has 1 saturated heterocycles. The molecule has 0 bridgehead atoms. The van der Waals surface area contributed by atoms with E-state index in [0.717, 1.165) is 25.8 Å². The van der Waals surface area contributed by atoms with Crippen LogP contribution in [0.1, 0.15) is 59.8 Å². The molecule has 1 aliphatic heterocycles. The summed E-state index contributed by atoms with van der Waals surface area (Å²) in [5.74, 6) is 2.60. The lowest BCUT2D eigenvalue weighted by Gasteiger charge is -2.33. The predicted octanol–water partition coefficient (Wildman–Crippen LogP) is 3.17. The van der Waals surface area contributed by atoms with Gasteiger partial charge in [-0.1, -0.05) is 18.8 Å². The fourth-order valence-electron chi connectivity index (χ4n) is 2.71. The highest BCUT2D eigenvalue weighted by atomic mass is 16.6. The molecule has 0 radical (unpaired) electrons. The average Bonchev–Trinajstić information content (AvgIpc) is 2.59. The highest BCUT2D eigenvalue weighted by molar-refractivity contribution is 5.68. The first-order chi connectivity index (χ1) is 9.83. The topological polar surface area (TPSA) is 41.6 Å². The Hall–Kier alpha value is -1.21. The standard InChI is InChI=1S/C17H30N2O2/c1-6-11-18-14(2)13-15-10-8-7-9-12-19(15)16(20)21-17(3,4)5/h1,14-15,18H,7-13H2,2-5H3. The number of carbonyl (C=O) groups is 1. The summed E-state index contributed by atoms with van der Waals surface area (Å²) in [6, 6.07) is 0.539. The molecule has 1 N–H and O–H groups in total. The van der Waals surface area contributed by atoms with Gasteiger partial charge < -0.3 is 15.0 Å². The molecule has 1 fully saturated rings. The zero-order valence-corrected chi connectivity index (χ0v) is 13.9. The maximum atomic E-state index is 12.4. The first-order valence-corrected chi connectivity index (χ1v) is 8.00. The van der Waals surface area contributed by atoms with Crippen LogP contribution in [0.25, 0.3) is 0 Å². The van der Waals surface area contributed by atoms with E-state index in [2.05, 4.69) is 18.2 Å². The first-order valence-electron chi connectivity index (χ1n) is 8.00. The smallest absolute Gasteiger partial charge is 0.410 e. The normalized spacial score (nSPS) is 21.3. The highest BCUT2D eigenvalue weighted by Gasteiger charge is 2.30. The van der Waals surface area contributed by atoms with Crippen molar-refractivity contribution in [2.45, 2.75) is 77.5 Å².